The van der Waals surface area contributed by atoms with E-state index in [1.165, 1.54) is 32.1 Å². The number of halogens is 1. The Bertz CT molecular complexity index is 1050. The van der Waals surface area contributed by atoms with Gasteiger partial charge in [-0.3, -0.25) is 0 Å². The first kappa shape index (κ1) is 32.6. The number of hydrogen-bond acceptors (Lipinski definition) is 4. The van der Waals surface area contributed by atoms with E-state index >= 15 is 4.39 Å². The summed E-state index contributed by atoms with van der Waals surface area (Å²) in [5, 5.41) is 9.76. The Morgan fingerprint density at radius 1 is 0.902 bits per heavy atom. The van der Waals surface area contributed by atoms with Gasteiger partial charge in [0.25, 0.3) is 0 Å². The minimum Gasteiger partial charge on any atom is -0.494 e. The Hall–Kier alpha value is -2.89. The highest BCUT2D eigenvalue weighted by Gasteiger charge is 2.47. The Kier molecular flexibility index (Phi) is 13.6. The van der Waals surface area contributed by atoms with Gasteiger partial charge < -0.3 is 14.6 Å². The first-order valence-corrected chi connectivity index (χ1v) is 15.8. The molecule has 6 heteroatoms. The summed E-state index contributed by atoms with van der Waals surface area (Å²) in [6.07, 6.45) is 13.7. The molecule has 0 amide bonds. The van der Waals surface area contributed by atoms with E-state index < -0.39 is 17.6 Å². The molecule has 2 aromatic carbocycles. The van der Waals surface area contributed by atoms with Crippen molar-refractivity contribution in [2.75, 3.05) is 6.61 Å². The van der Waals surface area contributed by atoms with Gasteiger partial charge in [0.15, 0.2) is 0 Å². The van der Waals surface area contributed by atoms with Gasteiger partial charge in [0.2, 0.25) is 5.67 Å². The molecule has 0 aromatic heterocycles. The number of hydrogen-bond donors (Lipinski definition) is 1. The van der Waals surface area contributed by atoms with Gasteiger partial charge in [0, 0.05) is 5.92 Å². The van der Waals surface area contributed by atoms with Gasteiger partial charge in [-0.25, -0.2) is 14.0 Å². The zero-order valence-electron chi connectivity index (χ0n) is 25.0. The van der Waals surface area contributed by atoms with Crippen molar-refractivity contribution < 1.29 is 28.6 Å². The van der Waals surface area contributed by atoms with Crippen molar-refractivity contribution in [2.45, 2.75) is 116 Å². The number of aryl methyl sites for hydroxylation is 1. The molecule has 3 rings (SSSR count). The van der Waals surface area contributed by atoms with E-state index in [1.807, 2.05) is 19.1 Å². The summed E-state index contributed by atoms with van der Waals surface area (Å²) in [6, 6.07) is 14.4. The van der Waals surface area contributed by atoms with Crippen molar-refractivity contribution in [1.82, 2.24) is 0 Å². The molecular formula is C35H49FO5. The first-order chi connectivity index (χ1) is 19.9. The van der Waals surface area contributed by atoms with E-state index in [1.54, 1.807) is 36.4 Å². The van der Waals surface area contributed by atoms with Gasteiger partial charge >= 0.3 is 11.9 Å². The molecule has 41 heavy (non-hydrogen) atoms. The van der Waals surface area contributed by atoms with Crippen LogP contribution in [0.5, 0.6) is 11.5 Å². The highest BCUT2D eigenvalue weighted by Crippen LogP contribution is 2.41. The molecule has 2 aromatic rings. The summed E-state index contributed by atoms with van der Waals surface area (Å²) in [5.74, 6) is -0.915. The van der Waals surface area contributed by atoms with E-state index in [9.17, 15) is 14.7 Å². The van der Waals surface area contributed by atoms with Gasteiger partial charge in [-0.1, -0.05) is 83.8 Å². The van der Waals surface area contributed by atoms with Crippen molar-refractivity contribution in [3.63, 3.8) is 0 Å². The number of carbonyl (C=O) groups excluding carboxylic acids is 1. The molecule has 5 nitrogen and oxygen atoms in total. The lowest BCUT2D eigenvalue weighted by Gasteiger charge is -2.35. The average molecular weight is 569 g/mol. The fourth-order valence-electron chi connectivity index (χ4n) is 5.88. The number of esters is 1. The third-order valence-electron chi connectivity index (χ3n) is 8.60. The standard InChI is InChI=1S/C35H49FO5/c1-3-5-6-7-8-12-25-40-31-23-19-29(20-24-31)33(37)41-32-21-17-28(18-22-32)16-15-27(4-2)26-35(36,34(38)39)30-13-10-9-11-14-30/h17-24,27,30H,3-16,25-26H2,1-2H3,(H,38,39)/t27?,35-/m0/s1. The van der Waals surface area contributed by atoms with Crippen LogP contribution in [-0.2, 0) is 11.2 Å². The number of carboxylic acid groups (broad SMARTS) is 1. The minimum absolute atomic E-state index is 0.00623. The maximum atomic E-state index is 15.8. The molecule has 226 valence electrons. The number of carbonyl (C=O) groups is 2. The number of benzene rings is 2. The van der Waals surface area contributed by atoms with Gasteiger partial charge in [-0.15, -0.1) is 0 Å². The highest BCUT2D eigenvalue weighted by molar-refractivity contribution is 5.91. The average Bonchev–Trinajstić information content (AvgIpc) is 3.00. The molecular weight excluding hydrogens is 519 g/mol. The summed E-state index contributed by atoms with van der Waals surface area (Å²) < 4.78 is 27.1. The summed E-state index contributed by atoms with van der Waals surface area (Å²) >= 11 is 0. The maximum Gasteiger partial charge on any atom is 0.343 e. The second kappa shape index (κ2) is 17.2. The van der Waals surface area contributed by atoms with Crippen molar-refractivity contribution in [3.8, 4) is 11.5 Å². The third kappa shape index (κ3) is 10.5. The van der Waals surface area contributed by atoms with Crippen molar-refractivity contribution >= 4 is 11.9 Å². The molecule has 1 aliphatic rings. The van der Waals surface area contributed by atoms with Crippen molar-refractivity contribution in [2.24, 2.45) is 11.8 Å². The highest BCUT2D eigenvalue weighted by atomic mass is 19.1. The molecule has 0 saturated heterocycles. The van der Waals surface area contributed by atoms with E-state index in [0.29, 0.717) is 43.6 Å². The van der Waals surface area contributed by atoms with Gasteiger partial charge in [0.1, 0.15) is 11.5 Å². The van der Waals surface area contributed by atoms with Crippen LogP contribution in [0.4, 0.5) is 4.39 Å². The van der Waals surface area contributed by atoms with Crippen LogP contribution in [0.25, 0.3) is 0 Å². The Labute approximate surface area is 245 Å². The third-order valence-corrected chi connectivity index (χ3v) is 8.60. The number of carboxylic acids is 1. The van der Waals surface area contributed by atoms with Crippen molar-refractivity contribution in [3.05, 3.63) is 59.7 Å². The molecule has 1 N–H and O–H groups in total. The van der Waals surface area contributed by atoms with E-state index in [0.717, 1.165) is 43.4 Å². The zero-order chi connectivity index (χ0) is 29.5. The van der Waals surface area contributed by atoms with Crippen LogP contribution in [-0.4, -0.2) is 29.3 Å². The van der Waals surface area contributed by atoms with Crippen LogP contribution in [0.1, 0.15) is 120 Å². The Morgan fingerprint density at radius 2 is 1.54 bits per heavy atom. The van der Waals surface area contributed by atoms with E-state index in [2.05, 4.69) is 6.92 Å². The lowest BCUT2D eigenvalue weighted by Crippen LogP contribution is -2.44. The Morgan fingerprint density at radius 3 is 2.17 bits per heavy atom. The van der Waals surface area contributed by atoms with Crippen LogP contribution < -0.4 is 9.47 Å². The molecule has 0 radical (unpaired) electrons. The first-order valence-electron chi connectivity index (χ1n) is 15.8. The smallest absolute Gasteiger partial charge is 0.343 e. The topological polar surface area (TPSA) is 72.8 Å². The predicted octanol–water partition coefficient (Wildman–Crippen LogP) is 9.37. The normalized spacial score (nSPS) is 16.1. The van der Waals surface area contributed by atoms with Crippen LogP contribution in [0.2, 0.25) is 0 Å². The quantitative estimate of drug-likeness (QED) is 0.110. The van der Waals surface area contributed by atoms with Gasteiger partial charge in [0.05, 0.1) is 12.2 Å². The lowest BCUT2D eigenvalue weighted by atomic mass is 9.73. The molecule has 1 fully saturated rings. The summed E-state index contributed by atoms with van der Waals surface area (Å²) in [7, 11) is 0. The monoisotopic (exact) mass is 568 g/mol. The summed E-state index contributed by atoms with van der Waals surface area (Å²) in [4.78, 5) is 24.6. The molecule has 0 bridgehead atoms. The number of rotatable bonds is 18. The number of aliphatic carboxylic acids is 1. The van der Waals surface area contributed by atoms with Gasteiger partial charge in [-0.05, 0) is 86.4 Å². The fraction of sp³-hybridized carbons (Fsp3) is 0.600. The van der Waals surface area contributed by atoms with E-state index in [4.69, 9.17) is 9.47 Å². The molecule has 0 heterocycles. The summed E-state index contributed by atoms with van der Waals surface area (Å²) in [5.41, 5.74) is -0.636. The largest absolute Gasteiger partial charge is 0.494 e. The molecule has 1 saturated carbocycles. The maximum absolute atomic E-state index is 15.8. The van der Waals surface area contributed by atoms with Crippen LogP contribution >= 0.6 is 0 Å². The molecule has 2 atom stereocenters. The van der Waals surface area contributed by atoms with E-state index in [-0.39, 0.29) is 18.3 Å². The fourth-order valence-corrected chi connectivity index (χ4v) is 5.88. The predicted molar refractivity (Wildman–Crippen MR) is 161 cm³/mol. The Balaban J connectivity index is 1.44. The SMILES string of the molecule is CCCCCCCCOc1ccc(C(=O)Oc2ccc(CCC(CC)C[C@@](F)(C(=O)O)C3CCCCC3)cc2)cc1. The van der Waals surface area contributed by atoms with Crippen LogP contribution in [0.15, 0.2) is 48.5 Å². The molecule has 0 spiro atoms. The molecule has 0 aliphatic heterocycles. The van der Waals surface area contributed by atoms with Crippen molar-refractivity contribution in [1.29, 1.82) is 0 Å². The summed E-state index contributed by atoms with van der Waals surface area (Å²) in [6.45, 7) is 4.90. The number of ether oxygens (including phenoxy) is 2. The number of alkyl halides is 1. The number of unbranched alkanes of at least 4 members (excludes halogenated alkanes) is 5. The van der Waals surface area contributed by atoms with Crippen LogP contribution in [0.3, 0.4) is 0 Å². The minimum atomic E-state index is -2.14. The van der Waals surface area contributed by atoms with Crippen LogP contribution in [0, 0.1) is 11.8 Å². The molecule has 1 unspecified atom stereocenters. The van der Waals surface area contributed by atoms with Gasteiger partial charge in [-0.2, -0.15) is 0 Å². The second-order valence-electron chi connectivity index (χ2n) is 11.7. The second-order valence-corrected chi connectivity index (χ2v) is 11.7. The lowest BCUT2D eigenvalue weighted by molar-refractivity contribution is -0.158. The molecule has 1 aliphatic carbocycles. The zero-order valence-corrected chi connectivity index (χ0v) is 25.0.